The summed E-state index contributed by atoms with van der Waals surface area (Å²) in [6, 6.07) is 0. The molecule has 0 radical (unpaired) electrons. The fraction of sp³-hybridized carbons (Fsp3) is 0.750. The SMILES string of the molecule is C[C@@H]1C[C@H]2[C@@H]3C[C@H](F)C4=CC(=O)C=C[C@]4(C)[C@@]3(F)[C@@H](O)C[C@]2(C)[C@@]1(OC(=O)OCC1CCCC1)C(=O)O. The van der Waals surface area contributed by atoms with E-state index in [1.165, 1.54) is 19.1 Å². The zero-order valence-corrected chi connectivity index (χ0v) is 21.5. The largest absolute Gasteiger partial charge is 0.509 e. The number of ether oxygens (including phenoxy) is 2. The summed E-state index contributed by atoms with van der Waals surface area (Å²) in [6.07, 6.45) is 2.79. The molecule has 0 amide bonds. The van der Waals surface area contributed by atoms with Crippen LogP contribution in [-0.2, 0) is 19.1 Å². The molecular formula is C28H36F2O7. The standard InChI is InChI=1S/C28H36F2O7/c1-15-10-18-19-12-21(29)20-11-17(31)8-9-25(20,2)27(19,30)22(32)13-26(18,3)28(15,23(33)34)37-24(35)36-14-16-6-4-5-7-16/h8-9,11,15-16,18-19,21-22,32H,4-7,10,12-14H2,1-3H3,(H,33,34)/t15-,18+,19+,21+,22+,25+,26+,27+,28+/m1/s1. The normalized spacial score (nSPS) is 47.0. The minimum Gasteiger partial charge on any atom is -0.478 e. The quantitative estimate of drug-likeness (QED) is 0.514. The van der Waals surface area contributed by atoms with E-state index in [0.29, 0.717) is 0 Å². The summed E-state index contributed by atoms with van der Waals surface area (Å²) in [4.78, 5) is 37.7. The second-order valence-electron chi connectivity index (χ2n) is 12.4. The van der Waals surface area contributed by atoms with Crippen molar-refractivity contribution < 1.29 is 42.9 Å². The maximum atomic E-state index is 17.3. The molecule has 5 aliphatic rings. The van der Waals surface area contributed by atoms with Crippen molar-refractivity contribution in [2.75, 3.05) is 6.61 Å². The van der Waals surface area contributed by atoms with Gasteiger partial charge < -0.3 is 19.7 Å². The number of halogens is 2. The first kappa shape index (κ1) is 26.3. The minimum absolute atomic E-state index is 0.00341. The van der Waals surface area contributed by atoms with Gasteiger partial charge in [-0.3, -0.25) is 4.79 Å². The van der Waals surface area contributed by atoms with Crippen molar-refractivity contribution in [2.45, 2.75) is 89.3 Å². The maximum Gasteiger partial charge on any atom is 0.509 e. The fourth-order valence-electron chi connectivity index (χ4n) is 8.76. The van der Waals surface area contributed by atoms with Crippen molar-refractivity contribution in [2.24, 2.45) is 34.5 Å². The summed E-state index contributed by atoms with van der Waals surface area (Å²) in [5, 5.41) is 21.9. The number of rotatable bonds is 4. The molecule has 0 aromatic rings. The van der Waals surface area contributed by atoms with E-state index in [9.17, 15) is 24.6 Å². The number of carbonyl (C=O) groups is 3. The molecule has 204 valence electrons. The minimum atomic E-state index is -2.33. The van der Waals surface area contributed by atoms with Crippen LogP contribution in [-0.4, -0.2) is 58.3 Å². The highest BCUT2D eigenvalue weighted by molar-refractivity contribution is 6.01. The Bertz CT molecular complexity index is 1070. The highest BCUT2D eigenvalue weighted by Gasteiger charge is 2.78. The Hall–Kier alpha value is -2.29. The first-order valence-corrected chi connectivity index (χ1v) is 13.4. The van der Waals surface area contributed by atoms with Crippen molar-refractivity contribution >= 4 is 17.9 Å². The molecule has 0 unspecified atom stereocenters. The number of aliphatic hydroxyl groups excluding tert-OH is 1. The van der Waals surface area contributed by atoms with Crippen LogP contribution in [0.15, 0.2) is 23.8 Å². The molecule has 4 fully saturated rings. The molecule has 37 heavy (non-hydrogen) atoms. The van der Waals surface area contributed by atoms with Gasteiger partial charge in [-0.2, -0.15) is 0 Å². The number of ketones is 1. The number of carboxylic acid groups (broad SMARTS) is 1. The zero-order chi connectivity index (χ0) is 27.0. The van der Waals surface area contributed by atoms with Crippen LogP contribution in [0.4, 0.5) is 13.6 Å². The van der Waals surface area contributed by atoms with Gasteiger partial charge in [0.05, 0.1) is 12.7 Å². The third-order valence-electron chi connectivity index (χ3n) is 10.6. The van der Waals surface area contributed by atoms with Gasteiger partial charge in [-0.15, -0.1) is 0 Å². The van der Waals surface area contributed by atoms with Gasteiger partial charge in [0.15, 0.2) is 11.5 Å². The highest BCUT2D eigenvalue weighted by Crippen LogP contribution is 2.71. The number of aliphatic carboxylic acids is 1. The van der Waals surface area contributed by atoms with E-state index in [4.69, 9.17) is 9.47 Å². The van der Waals surface area contributed by atoms with Gasteiger partial charge in [0, 0.05) is 22.7 Å². The first-order chi connectivity index (χ1) is 17.3. The van der Waals surface area contributed by atoms with E-state index in [1.54, 1.807) is 13.8 Å². The molecule has 5 rings (SSSR count). The van der Waals surface area contributed by atoms with Crippen molar-refractivity contribution in [1.82, 2.24) is 0 Å². The lowest BCUT2D eigenvalue weighted by Gasteiger charge is -2.62. The van der Waals surface area contributed by atoms with Crippen LogP contribution in [0, 0.1) is 34.5 Å². The van der Waals surface area contributed by atoms with Crippen molar-refractivity contribution in [1.29, 1.82) is 0 Å². The Kier molecular flexibility index (Phi) is 6.13. The summed E-state index contributed by atoms with van der Waals surface area (Å²) >= 11 is 0. The van der Waals surface area contributed by atoms with E-state index >= 15 is 8.78 Å². The fourth-order valence-corrected chi connectivity index (χ4v) is 8.76. The highest BCUT2D eigenvalue weighted by atomic mass is 19.1. The molecule has 9 atom stereocenters. The van der Waals surface area contributed by atoms with E-state index in [-0.39, 0.29) is 37.4 Å². The van der Waals surface area contributed by atoms with Crippen LogP contribution in [0.2, 0.25) is 0 Å². The third-order valence-corrected chi connectivity index (χ3v) is 10.6. The van der Waals surface area contributed by atoms with Crippen LogP contribution in [0.25, 0.3) is 0 Å². The Labute approximate surface area is 215 Å². The molecular weight excluding hydrogens is 486 g/mol. The molecule has 0 aromatic carbocycles. The first-order valence-electron chi connectivity index (χ1n) is 13.4. The van der Waals surface area contributed by atoms with Gasteiger partial charge in [0.1, 0.15) is 6.17 Å². The molecule has 0 saturated heterocycles. The summed E-state index contributed by atoms with van der Waals surface area (Å²) in [5.41, 5.74) is -7.35. The van der Waals surface area contributed by atoms with Crippen molar-refractivity contribution in [3.63, 3.8) is 0 Å². The van der Waals surface area contributed by atoms with Gasteiger partial charge >= 0.3 is 12.1 Å². The number of carbonyl (C=O) groups excluding carboxylic acids is 2. The number of hydrogen-bond donors (Lipinski definition) is 2. The lowest BCUT2D eigenvalue weighted by atomic mass is 9.44. The van der Waals surface area contributed by atoms with E-state index in [0.717, 1.165) is 31.8 Å². The third kappa shape index (κ3) is 3.41. The Morgan fingerprint density at radius 2 is 1.84 bits per heavy atom. The molecule has 4 saturated carbocycles. The predicted octanol–water partition coefficient (Wildman–Crippen LogP) is 4.72. The van der Waals surface area contributed by atoms with Gasteiger partial charge in [-0.25, -0.2) is 18.4 Å². The van der Waals surface area contributed by atoms with Crippen LogP contribution < -0.4 is 0 Å². The molecule has 0 aliphatic heterocycles. The summed E-state index contributed by atoms with van der Waals surface area (Å²) in [5.74, 6) is -4.10. The number of aliphatic hydroxyl groups is 1. The summed E-state index contributed by atoms with van der Waals surface area (Å²) in [7, 11) is 0. The molecule has 5 aliphatic carbocycles. The lowest BCUT2D eigenvalue weighted by Crippen LogP contribution is -2.71. The van der Waals surface area contributed by atoms with Crippen molar-refractivity contribution in [3.05, 3.63) is 23.8 Å². The van der Waals surface area contributed by atoms with E-state index < -0.39 is 70.0 Å². The maximum absolute atomic E-state index is 17.3. The second kappa shape index (κ2) is 8.61. The van der Waals surface area contributed by atoms with Gasteiger partial charge in [-0.1, -0.05) is 32.8 Å². The molecule has 0 heterocycles. The smallest absolute Gasteiger partial charge is 0.478 e. The Morgan fingerprint density at radius 1 is 1.16 bits per heavy atom. The number of fused-ring (bicyclic) bond motifs is 5. The number of carboxylic acids is 1. The molecule has 9 heteroatoms. The monoisotopic (exact) mass is 522 g/mol. The summed E-state index contributed by atoms with van der Waals surface area (Å²) in [6.45, 7) is 4.87. The number of alkyl halides is 2. The second-order valence-corrected chi connectivity index (χ2v) is 12.4. The lowest BCUT2D eigenvalue weighted by molar-refractivity contribution is -0.231. The molecule has 7 nitrogen and oxygen atoms in total. The number of hydrogen-bond acceptors (Lipinski definition) is 6. The average molecular weight is 523 g/mol. The van der Waals surface area contributed by atoms with Crippen molar-refractivity contribution in [3.8, 4) is 0 Å². The molecule has 2 N–H and O–H groups in total. The average Bonchev–Trinajstić information content (AvgIpc) is 3.42. The van der Waals surface area contributed by atoms with Crippen LogP contribution in [0.1, 0.15) is 65.7 Å². The van der Waals surface area contributed by atoms with Gasteiger partial charge in [0.25, 0.3) is 0 Å². The summed E-state index contributed by atoms with van der Waals surface area (Å²) < 4.78 is 43.9. The van der Waals surface area contributed by atoms with Crippen LogP contribution >= 0.6 is 0 Å². The van der Waals surface area contributed by atoms with Crippen LogP contribution in [0.3, 0.4) is 0 Å². The molecule has 0 spiro atoms. The van der Waals surface area contributed by atoms with E-state index in [2.05, 4.69) is 0 Å². The Morgan fingerprint density at radius 3 is 2.49 bits per heavy atom. The van der Waals surface area contributed by atoms with Crippen LogP contribution in [0.5, 0.6) is 0 Å². The number of allylic oxidation sites excluding steroid dienone is 4. The topological polar surface area (TPSA) is 110 Å². The predicted molar refractivity (Wildman–Crippen MR) is 128 cm³/mol. The zero-order valence-electron chi connectivity index (χ0n) is 21.5. The van der Waals surface area contributed by atoms with E-state index in [1.807, 2.05) is 0 Å². The van der Waals surface area contributed by atoms with Gasteiger partial charge in [0.2, 0.25) is 5.60 Å². The molecule has 0 bridgehead atoms. The van der Waals surface area contributed by atoms with Gasteiger partial charge in [-0.05, 0) is 68.6 Å². The molecule has 0 aromatic heterocycles. The Balaban J connectivity index is 1.50.